The van der Waals surface area contributed by atoms with Crippen LogP contribution in [0.1, 0.15) is 11.3 Å². The Hall–Kier alpha value is -2.08. The van der Waals surface area contributed by atoms with E-state index in [4.69, 9.17) is 15.7 Å². The Balaban J connectivity index is 2.03. The Kier molecular flexibility index (Phi) is 4.35. The highest BCUT2D eigenvalue weighted by Gasteiger charge is 2.03. The standard InChI is InChI=1S/C13H12BrN3O2/c14-11-4-2-1-3-9(11)8-19-10-5-6-12(16-7-10)13(15)17-18/h1-7,18H,8H2,(H2,15,17). The fourth-order valence-corrected chi connectivity index (χ4v) is 1.84. The summed E-state index contributed by atoms with van der Waals surface area (Å²) in [5.74, 6) is 0.586. The minimum absolute atomic E-state index is 0.0302. The van der Waals surface area contributed by atoms with Gasteiger partial charge in [0.15, 0.2) is 5.84 Å². The second kappa shape index (κ2) is 6.19. The molecule has 3 N–H and O–H groups in total. The average molecular weight is 322 g/mol. The summed E-state index contributed by atoms with van der Waals surface area (Å²) >= 11 is 3.45. The van der Waals surface area contributed by atoms with Gasteiger partial charge in [-0.25, -0.2) is 4.98 Å². The monoisotopic (exact) mass is 321 g/mol. The van der Waals surface area contributed by atoms with E-state index in [-0.39, 0.29) is 5.84 Å². The van der Waals surface area contributed by atoms with E-state index in [9.17, 15) is 0 Å². The van der Waals surface area contributed by atoms with E-state index in [0.29, 0.717) is 18.1 Å². The van der Waals surface area contributed by atoms with Crippen molar-refractivity contribution in [3.63, 3.8) is 0 Å². The topological polar surface area (TPSA) is 80.7 Å². The average Bonchev–Trinajstić information content (AvgIpc) is 2.46. The molecule has 2 aromatic rings. The number of halogens is 1. The van der Waals surface area contributed by atoms with Gasteiger partial charge in [-0.05, 0) is 18.2 Å². The van der Waals surface area contributed by atoms with Gasteiger partial charge in [0.25, 0.3) is 0 Å². The maximum atomic E-state index is 8.53. The van der Waals surface area contributed by atoms with E-state index < -0.39 is 0 Å². The number of pyridine rings is 1. The Bertz CT molecular complexity index is 585. The van der Waals surface area contributed by atoms with Gasteiger partial charge in [-0.2, -0.15) is 0 Å². The Morgan fingerprint density at radius 3 is 2.74 bits per heavy atom. The first-order valence-electron chi connectivity index (χ1n) is 5.51. The molecule has 6 heteroatoms. The molecule has 0 bridgehead atoms. The third-order valence-corrected chi connectivity index (χ3v) is 3.23. The highest BCUT2D eigenvalue weighted by Crippen LogP contribution is 2.18. The lowest BCUT2D eigenvalue weighted by atomic mass is 10.2. The summed E-state index contributed by atoms with van der Waals surface area (Å²) in [5, 5.41) is 11.4. The number of ether oxygens (including phenoxy) is 1. The number of rotatable bonds is 4. The first-order chi connectivity index (χ1) is 9.20. The molecule has 0 spiro atoms. The molecule has 2 rings (SSSR count). The molecule has 5 nitrogen and oxygen atoms in total. The lowest BCUT2D eigenvalue weighted by Crippen LogP contribution is -2.14. The minimum atomic E-state index is -0.0302. The maximum absolute atomic E-state index is 8.53. The van der Waals surface area contributed by atoms with Crippen molar-refractivity contribution in [2.45, 2.75) is 6.61 Å². The largest absolute Gasteiger partial charge is 0.487 e. The number of benzene rings is 1. The van der Waals surface area contributed by atoms with Gasteiger partial charge in [-0.3, -0.25) is 0 Å². The summed E-state index contributed by atoms with van der Waals surface area (Å²) in [6.07, 6.45) is 1.53. The molecule has 0 saturated heterocycles. The number of aromatic nitrogens is 1. The molecule has 0 aliphatic heterocycles. The molecule has 0 radical (unpaired) electrons. The van der Waals surface area contributed by atoms with Crippen LogP contribution >= 0.6 is 15.9 Å². The summed E-state index contributed by atoms with van der Waals surface area (Å²) in [5.41, 5.74) is 6.86. The Labute approximate surface area is 118 Å². The van der Waals surface area contributed by atoms with Crippen molar-refractivity contribution in [2.24, 2.45) is 10.9 Å². The van der Waals surface area contributed by atoms with Crippen LogP contribution in [0.15, 0.2) is 52.2 Å². The number of nitrogens with zero attached hydrogens (tertiary/aromatic N) is 2. The molecule has 19 heavy (non-hydrogen) atoms. The molecular formula is C13H12BrN3O2. The molecule has 0 saturated carbocycles. The van der Waals surface area contributed by atoms with Crippen molar-refractivity contribution >= 4 is 21.8 Å². The summed E-state index contributed by atoms with van der Waals surface area (Å²) in [6.45, 7) is 0.437. The quantitative estimate of drug-likeness (QED) is 0.392. The van der Waals surface area contributed by atoms with Crippen molar-refractivity contribution < 1.29 is 9.94 Å². The summed E-state index contributed by atoms with van der Waals surface area (Å²) in [7, 11) is 0. The summed E-state index contributed by atoms with van der Waals surface area (Å²) in [4.78, 5) is 4.03. The van der Waals surface area contributed by atoms with Gasteiger partial charge in [0.1, 0.15) is 18.1 Å². The highest BCUT2D eigenvalue weighted by molar-refractivity contribution is 9.10. The summed E-state index contributed by atoms with van der Waals surface area (Å²) in [6, 6.07) is 11.2. The fourth-order valence-electron chi connectivity index (χ4n) is 1.44. The maximum Gasteiger partial charge on any atom is 0.188 e. The van der Waals surface area contributed by atoms with Crippen molar-refractivity contribution in [2.75, 3.05) is 0 Å². The van der Waals surface area contributed by atoms with E-state index in [1.54, 1.807) is 12.1 Å². The zero-order valence-electron chi connectivity index (χ0n) is 9.95. The molecule has 0 fully saturated rings. The van der Waals surface area contributed by atoms with Crippen molar-refractivity contribution in [1.29, 1.82) is 0 Å². The predicted octanol–water partition coefficient (Wildman–Crippen LogP) is 2.52. The predicted molar refractivity (Wildman–Crippen MR) is 75.2 cm³/mol. The van der Waals surface area contributed by atoms with E-state index in [2.05, 4.69) is 26.1 Å². The van der Waals surface area contributed by atoms with Crippen molar-refractivity contribution in [3.8, 4) is 5.75 Å². The van der Waals surface area contributed by atoms with E-state index in [1.165, 1.54) is 6.20 Å². The number of amidine groups is 1. The van der Waals surface area contributed by atoms with Crippen LogP contribution in [0.4, 0.5) is 0 Å². The zero-order valence-corrected chi connectivity index (χ0v) is 11.5. The van der Waals surface area contributed by atoms with Crippen molar-refractivity contribution in [3.05, 3.63) is 58.3 Å². The van der Waals surface area contributed by atoms with Gasteiger partial charge in [-0.1, -0.05) is 39.3 Å². The number of oxime groups is 1. The van der Waals surface area contributed by atoms with Crippen LogP contribution < -0.4 is 10.5 Å². The SMILES string of the molecule is N/C(=N/O)c1ccc(OCc2ccccc2Br)cn1. The van der Waals surface area contributed by atoms with Gasteiger partial charge in [0.2, 0.25) is 0 Å². The molecule has 0 unspecified atom stereocenters. The zero-order chi connectivity index (χ0) is 13.7. The molecule has 0 amide bonds. The number of hydrogen-bond acceptors (Lipinski definition) is 4. The lowest BCUT2D eigenvalue weighted by molar-refractivity contribution is 0.304. The molecule has 1 heterocycles. The van der Waals surface area contributed by atoms with E-state index >= 15 is 0 Å². The van der Waals surface area contributed by atoms with Crippen LogP contribution in [-0.2, 0) is 6.61 Å². The van der Waals surface area contributed by atoms with Gasteiger partial charge in [-0.15, -0.1) is 0 Å². The van der Waals surface area contributed by atoms with Crippen LogP contribution in [0.3, 0.4) is 0 Å². The molecule has 1 aromatic carbocycles. The van der Waals surface area contributed by atoms with E-state index in [1.807, 2.05) is 24.3 Å². The van der Waals surface area contributed by atoms with Crippen LogP contribution in [0.25, 0.3) is 0 Å². The first kappa shape index (κ1) is 13.4. The van der Waals surface area contributed by atoms with Crippen molar-refractivity contribution in [1.82, 2.24) is 4.98 Å². The number of nitrogens with two attached hydrogens (primary N) is 1. The lowest BCUT2D eigenvalue weighted by Gasteiger charge is -2.07. The third kappa shape index (κ3) is 3.45. The minimum Gasteiger partial charge on any atom is -0.487 e. The normalized spacial score (nSPS) is 11.3. The first-order valence-corrected chi connectivity index (χ1v) is 6.30. The van der Waals surface area contributed by atoms with Gasteiger partial charge in [0, 0.05) is 10.0 Å². The highest BCUT2D eigenvalue weighted by atomic mass is 79.9. The van der Waals surface area contributed by atoms with Gasteiger partial charge < -0.3 is 15.7 Å². The van der Waals surface area contributed by atoms with Crippen LogP contribution in [-0.4, -0.2) is 16.0 Å². The Morgan fingerprint density at radius 1 is 1.32 bits per heavy atom. The molecule has 98 valence electrons. The molecule has 0 aliphatic rings. The fraction of sp³-hybridized carbons (Fsp3) is 0.0769. The third-order valence-electron chi connectivity index (χ3n) is 2.46. The van der Waals surface area contributed by atoms with Crippen LogP contribution in [0.5, 0.6) is 5.75 Å². The molecule has 1 aromatic heterocycles. The van der Waals surface area contributed by atoms with Crippen LogP contribution in [0.2, 0.25) is 0 Å². The van der Waals surface area contributed by atoms with Gasteiger partial charge in [0.05, 0.1) is 6.20 Å². The second-order valence-corrected chi connectivity index (χ2v) is 4.60. The smallest absolute Gasteiger partial charge is 0.188 e. The number of hydrogen-bond donors (Lipinski definition) is 2. The molecule has 0 aliphatic carbocycles. The van der Waals surface area contributed by atoms with Crippen LogP contribution in [0, 0.1) is 0 Å². The van der Waals surface area contributed by atoms with Gasteiger partial charge >= 0.3 is 0 Å². The summed E-state index contributed by atoms with van der Waals surface area (Å²) < 4.78 is 6.60. The second-order valence-electron chi connectivity index (χ2n) is 3.74. The Morgan fingerprint density at radius 2 is 2.11 bits per heavy atom. The molecular weight excluding hydrogens is 310 g/mol. The van der Waals surface area contributed by atoms with E-state index in [0.717, 1.165) is 10.0 Å². The molecule has 0 atom stereocenters.